The third-order valence-corrected chi connectivity index (χ3v) is 3.05. The molecular weight excluding hydrogens is 193 g/mol. The van der Waals surface area contributed by atoms with Crippen LogP contribution in [0.25, 0.3) is 0 Å². The van der Waals surface area contributed by atoms with Gasteiger partial charge < -0.3 is 10.5 Å². The molecule has 1 aliphatic rings. The van der Waals surface area contributed by atoms with Crippen molar-refractivity contribution in [2.75, 3.05) is 13.7 Å². The monoisotopic (exact) mass is 209 g/mol. The Morgan fingerprint density at radius 2 is 2.27 bits per heavy atom. The van der Waals surface area contributed by atoms with Crippen LogP contribution < -0.4 is 10.5 Å². The third-order valence-electron chi connectivity index (χ3n) is 3.05. The van der Waals surface area contributed by atoms with Gasteiger partial charge in [0.2, 0.25) is 0 Å². The van der Waals surface area contributed by atoms with Crippen LogP contribution in [0.1, 0.15) is 23.5 Å². The fourth-order valence-electron chi connectivity index (χ4n) is 2.11. The van der Waals surface area contributed by atoms with Crippen LogP contribution in [0.2, 0.25) is 0 Å². The zero-order valence-electron chi connectivity index (χ0n) is 9.09. The summed E-state index contributed by atoms with van der Waals surface area (Å²) in [6.07, 6.45) is 0.979. The van der Waals surface area contributed by atoms with Crippen molar-refractivity contribution in [1.82, 2.24) is 0 Å². The highest BCUT2D eigenvalue weighted by Gasteiger charge is 2.40. The Morgan fingerprint density at radius 3 is 2.80 bits per heavy atom. The van der Waals surface area contributed by atoms with Crippen LogP contribution in [-0.2, 0) is 0 Å². The summed E-state index contributed by atoms with van der Waals surface area (Å²) in [6.45, 7) is 2.49. The minimum Gasteiger partial charge on any atom is -0.496 e. The molecule has 0 heterocycles. The van der Waals surface area contributed by atoms with Crippen LogP contribution in [0.5, 0.6) is 5.75 Å². The van der Waals surface area contributed by atoms with E-state index in [0.29, 0.717) is 23.8 Å². The van der Waals surface area contributed by atoms with E-state index in [0.717, 1.165) is 12.0 Å². The average Bonchev–Trinajstić information content (AvgIpc) is 2.95. The fourth-order valence-corrected chi connectivity index (χ4v) is 2.11. The molecule has 0 aromatic heterocycles. The highest BCUT2D eigenvalue weighted by Crippen LogP contribution is 2.50. The second-order valence-electron chi connectivity index (χ2n) is 4.20. The number of nitrogens with two attached hydrogens (primary N) is 1. The quantitative estimate of drug-likeness (QED) is 0.828. The zero-order valence-corrected chi connectivity index (χ0v) is 9.09. The minimum absolute atomic E-state index is 0.159. The predicted molar refractivity (Wildman–Crippen MR) is 57.6 cm³/mol. The molecule has 3 heteroatoms. The van der Waals surface area contributed by atoms with E-state index in [-0.39, 0.29) is 11.7 Å². The number of methoxy groups -OCH3 is 1. The highest BCUT2D eigenvalue weighted by molar-refractivity contribution is 5.43. The molecule has 0 amide bonds. The second-order valence-corrected chi connectivity index (χ2v) is 4.20. The minimum atomic E-state index is -0.159. The molecule has 1 aromatic rings. The summed E-state index contributed by atoms with van der Waals surface area (Å²) in [4.78, 5) is 0. The fraction of sp³-hybridized carbons (Fsp3) is 0.500. The smallest absolute Gasteiger partial charge is 0.130 e. The van der Waals surface area contributed by atoms with Crippen LogP contribution in [-0.4, -0.2) is 13.7 Å². The van der Waals surface area contributed by atoms with Gasteiger partial charge in [-0.15, -0.1) is 0 Å². The lowest BCUT2D eigenvalue weighted by Crippen LogP contribution is -2.04. The second kappa shape index (κ2) is 3.81. The summed E-state index contributed by atoms with van der Waals surface area (Å²) in [5.74, 6) is 1.18. The van der Waals surface area contributed by atoms with E-state index in [1.165, 1.54) is 0 Å². The van der Waals surface area contributed by atoms with E-state index in [1.54, 1.807) is 13.2 Å². The van der Waals surface area contributed by atoms with Crippen LogP contribution in [0.3, 0.4) is 0 Å². The van der Waals surface area contributed by atoms with Gasteiger partial charge in [-0.25, -0.2) is 4.39 Å². The van der Waals surface area contributed by atoms with E-state index in [1.807, 2.05) is 13.0 Å². The zero-order chi connectivity index (χ0) is 11.0. The summed E-state index contributed by atoms with van der Waals surface area (Å²) >= 11 is 0. The molecule has 2 nitrogen and oxygen atoms in total. The molecule has 0 aliphatic heterocycles. The number of benzene rings is 1. The predicted octanol–water partition coefficient (Wildman–Crippen LogP) is 2.20. The first kappa shape index (κ1) is 10.4. The van der Waals surface area contributed by atoms with Gasteiger partial charge in [-0.3, -0.25) is 0 Å². The lowest BCUT2D eigenvalue weighted by atomic mass is 10.0. The van der Waals surface area contributed by atoms with E-state index < -0.39 is 0 Å². The standard InChI is InChI=1S/C12H16FNO/c1-7-3-10(13)12(11(4-7)15-2)9-5-8(9)6-14/h3-4,8-9H,5-6,14H2,1-2H3. The molecule has 1 aliphatic carbocycles. The Bertz CT molecular complexity index is 378. The Morgan fingerprint density at radius 1 is 1.53 bits per heavy atom. The highest BCUT2D eigenvalue weighted by atomic mass is 19.1. The van der Waals surface area contributed by atoms with Gasteiger partial charge in [0.15, 0.2) is 0 Å². The van der Waals surface area contributed by atoms with Crippen molar-refractivity contribution in [2.24, 2.45) is 11.7 Å². The molecule has 0 saturated heterocycles. The maximum atomic E-state index is 13.8. The normalized spacial score (nSPS) is 24.0. The third kappa shape index (κ3) is 1.84. The van der Waals surface area contributed by atoms with Gasteiger partial charge >= 0.3 is 0 Å². The molecule has 1 aromatic carbocycles. The Hall–Kier alpha value is -1.09. The van der Waals surface area contributed by atoms with Crippen molar-refractivity contribution < 1.29 is 9.13 Å². The molecule has 0 bridgehead atoms. The summed E-state index contributed by atoms with van der Waals surface area (Å²) in [7, 11) is 1.58. The average molecular weight is 209 g/mol. The van der Waals surface area contributed by atoms with E-state index >= 15 is 0 Å². The Kier molecular flexibility index (Phi) is 2.65. The van der Waals surface area contributed by atoms with Crippen molar-refractivity contribution in [1.29, 1.82) is 0 Å². The molecule has 15 heavy (non-hydrogen) atoms. The molecule has 2 unspecified atom stereocenters. The van der Waals surface area contributed by atoms with Crippen LogP contribution in [0, 0.1) is 18.7 Å². The van der Waals surface area contributed by atoms with Gasteiger partial charge in [-0.05, 0) is 49.4 Å². The van der Waals surface area contributed by atoms with Crippen molar-refractivity contribution >= 4 is 0 Å². The number of hydrogen-bond acceptors (Lipinski definition) is 2. The van der Waals surface area contributed by atoms with E-state index in [2.05, 4.69) is 0 Å². The first-order valence-electron chi connectivity index (χ1n) is 5.21. The van der Waals surface area contributed by atoms with Crippen molar-refractivity contribution in [3.63, 3.8) is 0 Å². The van der Waals surface area contributed by atoms with Crippen molar-refractivity contribution in [3.8, 4) is 5.75 Å². The number of halogens is 1. The molecule has 2 N–H and O–H groups in total. The molecule has 2 atom stereocenters. The number of aryl methyl sites for hydroxylation is 1. The summed E-state index contributed by atoms with van der Waals surface area (Å²) in [5.41, 5.74) is 7.16. The molecule has 0 radical (unpaired) electrons. The van der Waals surface area contributed by atoms with Crippen molar-refractivity contribution in [3.05, 3.63) is 29.1 Å². The molecule has 1 fully saturated rings. The molecule has 82 valence electrons. The van der Waals surface area contributed by atoms with Gasteiger partial charge in [-0.2, -0.15) is 0 Å². The topological polar surface area (TPSA) is 35.2 Å². The Labute approximate surface area is 89.2 Å². The number of hydrogen-bond donors (Lipinski definition) is 1. The molecular formula is C12H16FNO. The lowest BCUT2D eigenvalue weighted by molar-refractivity contribution is 0.403. The Balaban J connectivity index is 2.37. The van der Waals surface area contributed by atoms with E-state index in [9.17, 15) is 4.39 Å². The maximum absolute atomic E-state index is 13.8. The van der Waals surface area contributed by atoms with Crippen LogP contribution >= 0.6 is 0 Å². The first-order valence-corrected chi connectivity index (χ1v) is 5.21. The van der Waals surface area contributed by atoms with Crippen LogP contribution in [0.15, 0.2) is 12.1 Å². The molecule has 2 rings (SSSR count). The van der Waals surface area contributed by atoms with Crippen LogP contribution in [0.4, 0.5) is 4.39 Å². The largest absolute Gasteiger partial charge is 0.496 e. The summed E-state index contributed by atoms with van der Waals surface area (Å²) in [6, 6.07) is 3.44. The SMILES string of the molecule is COc1cc(C)cc(F)c1C1CC1CN. The van der Waals surface area contributed by atoms with Gasteiger partial charge in [0.1, 0.15) is 11.6 Å². The molecule has 0 spiro atoms. The van der Waals surface area contributed by atoms with Gasteiger partial charge in [0.25, 0.3) is 0 Å². The number of rotatable bonds is 3. The lowest BCUT2D eigenvalue weighted by Gasteiger charge is -2.10. The maximum Gasteiger partial charge on any atom is 0.130 e. The number of ether oxygens (including phenoxy) is 1. The first-order chi connectivity index (χ1) is 7.17. The van der Waals surface area contributed by atoms with Crippen molar-refractivity contribution in [2.45, 2.75) is 19.3 Å². The molecule has 1 saturated carbocycles. The van der Waals surface area contributed by atoms with Gasteiger partial charge in [0, 0.05) is 5.56 Å². The summed E-state index contributed by atoms with van der Waals surface area (Å²) in [5, 5.41) is 0. The van der Waals surface area contributed by atoms with Gasteiger partial charge in [-0.1, -0.05) is 0 Å². The van der Waals surface area contributed by atoms with Gasteiger partial charge in [0.05, 0.1) is 7.11 Å². The summed E-state index contributed by atoms with van der Waals surface area (Å²) < 4.78 is 19.0. The van der Waals surface area contributed by atoms with E-state index in [4.69, 9.17) is 10.5 Å².